The van der Waals surface area contributed by atoms with Crippen molar-refractivity contribution in [2.24, 2.45) is 0 Å². The van der Waals surface area contributed by atoms with Crippen molar-refractivity contribution < 1.29 is 5.11 Å². The van der Waals surface area contributed by atoms with Crippen molar-refractivity contribution in [3.8, 4) is 5.75 Å². The molecule has 0 saturated heterocycles. The van der Waals surface area contributed by atoms with Crippen molar-refractivity contribution in [2.45, 2.75) is 57.9 Å². The molecule has 3 rings (SSSR count). The molecule has 112 valence electrons. The van der Waals surface area contributed by atoms with Gasteiger partial charge in [0.15, 0.2) is 0 Å². The molecular formula is C17H22N2O2. The Hall–Kier alpha value is -1.84. The molecule has 0 unspecified atom stereocenters. The summed E-state index contributed by atoms with van der Waals surface area (Å²) in [6, 6.07) is 5.09. The predicted octanol–water partition coefficient (Wildman–Crippen LogP) is 3.73. The van der Waals surface area contributed by atoms with E-state index < -0.39 is 0 Å². The van der Waals surface area contributed by atoms with Gasteiger partial charge in [-0.25, -0.2) is 4.98 Å². The van der Waals surface area contributed by atoms with Crippen LogP contribution in [-0.4, -0.2) is 14.7 Å². The molecular weight excluding hydrogens is 264 g/mol. The Kier molecular flexibility index (Phi) is 3.70. The Bertz CT molecular complexity index is 713. The number of nitrogens with zero attached hydrogens (tertiary/aromatic N) is 2. The summed E-state index contributed by atoms with van der Waals surface area (Å²) in [4.78, 5) is 17.6. The van der Waals surface area contributed by atoms with E-state index in [4.69, 9.17) is 0 Å². The maximum Gasteiger partial charge on any atom is 0.261 e. The van der Waals surface area contributed by atoms with E-state index in [0.29, 0.717) is 10.9 Å². The molecule has 1 aliphatic rings. The number of hydrogen-bond acceptors (Lipinski definition) is 3. The van der Waals surface area contributed by atoms with E-state index in [9.17, 15) is 9.90 Å². The molecule has 1 N–H and O–H groups in total. The zero-order valence-corrected chi connectivity index (χ0v) is 12.7. The smallest absolute Gasteiger partial charge is 0.261 e. The molecule has 4 heteroatoms. The first-order chi connectivity index (χ1) is 10.1. The van der Waals surface area contributed by atoms with Crippen LogP contribution in [0, 0.1) is 0 Å². The van der Waals surface area contributed by atoms with Crippen molar-refractivity contribution in [3.05, 3.63) is 34.4 Å². The average molecular weight is 286 g/mol. The molecule has 21 heavy (non-hydrogen) atoms. The number of rotatable bonds is 2. The molecule has 1 fully saturated rings. The average Bonchev–Trinajstić information content (AvgIpc) is 2.47. The summed E-state index contributed by atoms with van der Waals surface area (Å²) in [6.45, 7) is 4.13. The summed E-state index contributed by atoms with van der Waals surface area (Å²) in [5.74, 6) is 1.18. The van der Waals surface area contributed by atoms with E-state index in [1.165, 1.54) is 19.3 Å². The first-order valence-corrected chi connectivity index (χ1v) is 7.83. The lowest BCUT2D eigenvalue weighted by atomic mass is 9.94. The minimum absolute atomic E-state index is 0.0376. The first kappa shape index (κ1) is 14.1. The summed E-state index contributed by atoms with van der Waals surface area (Å²) in [7, 11) is 0. The van der Waals surface area contributed by atoms with Crippen molar-refractivity contribution in [2.75, 3.05) is 0 Å². The van der Waals surface area contributed by atoms with Gasteiger partial charge in [0, 0.05) is 18.0 Å². The fourth-order valence-corrected chi connectivity index (χ4v) is 3.30. The van der Waals surface area contributed by atoms with E-state index in [0.717, 1.165) is 18.7 Å². The number of aromatic hydroxyl groups is 1. The van der Waals surface area contributed by atoms with Crippen LogP contribution in [0.3, 0.4) is 0 Å². The maximum absolute atomic E-state index is 12.9. The van der Waals surface area contributed by atoms with Gasteiger partial charge in [-0.1, -0.05) is 33.1 Å². The molecule has 1 aromatic heterocycles. The molecule has 1 saturated carbocycles. The fourth-order valence-electron chi connectivity index (χ4n) is 3.30. The van der Waals surface area contributed by atoms with Crippen molar-refractivity contribution in [1.29, 1.82) is 0 Å². The van der Waals surface area contributed by atoms with Gasteiger partial charge in [-0.05, 0) is 25.0 Å². The Labute approximate surface area is 124 Å². The van der Waals surface area contributed by atoms with Crippen LogP contribution in [0.25, 0.3) is 10.9 Å². The van der Waals surface area contributed by atoms with Crippen LogP contribution in [0.15, 0.2) is 23.0 Å². The van der Waals surface area contributed by atoms with Crippen molar-refractivity contribution in [1.82, 2.24) is 9.55 Å². The Balaban J connectivity index is 2.25. The van der Waals surface area contributed by atoms with Gasteiger partial charge in [-0.3, -0.25) is 9.36 Å². The van der Waals surface area contributed by atoms with Crippen LogP contribution < -0.4 is 5.56 Å². The molecule has 1 aromatic carbocycles. The second kappa shape index (κ2) is 5.51. The molecule has 0 bridgehead atoms. The highest BCUT2D eigenvalue weighted by molar-refractivity contribution is 5.79. The third kappa shape index (κ3) is 2.55. The number of aromatic nitrogens is 2. The van der Waals surface area contributed by atoms with Gasteiger partial charge in [-0.15, -0.1) is 0 Å². The van der Waals surface area contributed by atoms with Gasteiger partial charge in [0.25, 0.3) is 5.56 Å². The lowest BCUT2D eigenvalue weighted by Crippen LogP contribution is -2.31. The SMILES string of the molecule is CC(C)c1nc2cc(O)ccc2c(=O)n1C1CCCCC1. The zero-order valence-electron chi connectivity index (χ0n) is 12.7. The fraction of sp³-hybridized carbons (Fsp3) is 0.529. The van der Waals surface area contributed by atoms with Crippen LogP contribution in [0.5, 0.6) is 5.75 Å². The van der Waals surface area contributed by atoms with Crippen molar-refractivity contribution in [3.63, 3.8) is 0 Å². The molecule has 0 spiro atoms. The van der Waals surface area contributed by atoms with E-state index in [-0.39, 0.29) is 23.3 Å². The largest absolute Gasteiger partial charge is 0.508 e. The van der Waals surface area contributed by atoms with Crippen molar-refractivity contribution >= 4 is 10.9 Å². The second-order valence-electron chi connectivity index (χ2n) is 6.29. The molecule has 1 aliphatic carbocycles. The summed E-state index contributed by atoms with van der Waals surface area (Å²) >= 11 is 0. The highest BCUT2D eigenvalue weighted by atomic mass is 16.3. The van der Waals surface area contributed by atoms with Crippen LogP contribution in [0.4, 0.5) is 0 Å². The molecule has 0 radical (unpaired) electrons. The second-order valence-corrected chi connectivity index (χ2v) is 6.29. The molecule has 0 amide bonds. The predicted molar refractivity (Wildman–Crippen MR) is 83.9 cm³/mol. The lowest BCUT2D eigenvalue weighted by molar-refractivity contribution is 0.333. The number of phenols is 1. The standard InChI is InChI=1S/C17H22N2O2/c1-11(2)16-18-15-10-13(20)8-9-14(15)17(21)19(16)12-6-4-3-5-7-12/h8-12,20H,3-7H2,1-2H3. The Morgan fingerprint density at radius 1 is 1.24 bits per heavy atom. The van der Waals surface area contributed by atoms with Gasteiger partial charge < -0.3 is 5.11 Å². The monoisotopic (exact) mass is 286 g/mol. The summed E-state index contributed by atoms with van der Waals surface area (Å²) in [5.41, 5.74) is 0.631. The highest BCUT2D eigenvalue weighted by Crippen LogP contribution is 2.30. The highest BCUT2D eigenvalue weighted by Gasteiger charge is 2.22. The number of benzene rings is 1. The maximum atomic E-state index is 12.9. The van der Waals surface area contributed by atoms with Crippen LogP contribution in [0.1, 0.15) is 63.7 Å². The first-order valence-electron chi connectivity index (χ1n) is 7.83. The minimum atomic E-state index is 0.0376. The van der Waals surface area contributed by atoms with Gasteiger partial charge >= 0.3 is 0 Å². The quantitative estimate of drug-likeness (QED) is 0.915. The van der Waals surface area contributed by atoms with E-state index >= 15 is 0 Å². The number of hydrogen-bond donors (Lipinski definition) is 1. The van der Waals surface area contributed by atoms with Gasteiger partial charge in [0.2, 0.25) is 0 Å². The topological polar surface area (TPSA) is 55.1 Å². The van der Waals surface area contributed by atoms with Gasteiger partial charge in [0.05, 0.1) is 10.9 Å². The molecule has 0 aliphatic heterocycles. The molecule has 4 nitrogen and oxygen atoms in total. The summed E-state index contributed by atoms with van der Waals surface area (Å²) in [5, 5.41) is 10.2. The third-order valence-electron chi connectivity index (χ3n) is 4.37. The normalized spacial score (nSPS) is 16.7. The Morgan fingerprint density at radius 3 is 2.62 bits per heavy atom. The van der Waals surface area contributed by atoms with E-state index in [2.05, 4.69) is 18.8 Å². The van der Waals surface area contributed by atoms with Crippen LogP contribution in [-0.2, 0) is 0 Å². The third-order valence-corrected chi connectivity index (χ3v) is 4.37. The van der Waals surface area contributed by atoms with E-state index in [1.807, 2.05) is 4.57 Å². The molecule has 0 atom stereocenters. The zero-order chi connectivity index (χ0) is 15.0. The molecule has 2 aromatic rings. The number of phenolic OH excluding ortho intramolecular Hbond substituents is 1. The van der Waals surface area contributed by atoms with Crippen LogP contribution >= 0.6 is 0 Å². The lowest BCUT2D eigenvalue weighted by Gasteiger charge is -2.27. The molecule has 1 heterocycles. The van der Waals surface area contributed by atoms with Gasteiger partial charge in [0.1, 0.15) is 11.6 Å². The number of fused-ring (bicyclic) bond motifs is 1. The van der Waals surface area contributed by atoms with E-state index in [1.54, 1.807) is 18.2 Å². The summed E-state index contributed by atoms with van der Waals surface area (Å²) < 4.78 is 1.92. The minimum Gasteiger partial charge on any atom is -0.508 e. The summed E-state index contributed by atoms with van der Waals surface area (Å²) in [6.07, 6.45) is 5.75. The van der Waals surface area contributed by atoms with Crippen LogP contribution in [0.2, 0.25) is 0 Å². The van der Waals surface area contributed by atoms with Gasteiger partial charge in [-0.2, -0.15) is 0 Å². The Morgan fingerprint density at radius 2 is 1.95 bits per heavy atom.